The van der Waals surface area contributed by atoms with E-state index in [1.54, 1.807) is 12.3 Å². The lowest BCUT2D eigenvalue weighted by molar-refractivity contribution is 0.0852. The van der Waals surface area contributed by atoms with Crippen molar-refractivity contribution in [2.45, 2.75) is 18.9 Å². The van der Waals surface area contributed by atoms with Crippen molar-refractivity contribution in [1.82, 2.24) is 9.97 Å². The number of terminal acetylenes is 1. The number of hydrogen-bond donors (Lipinski definition) is 0. The molecule has 0 N–H and O–H groups in total. The van der Waals surface area contributed by atoms with Crippen LogP contribution in [0.1, 0.15) is 18.5 Å². The van der Waals surface area contributed by atoms with Gasteiger partial charge < -0.3 is 9.64 Å². The van der Waals surface area contributed by atoms with Crippen molar-refractivity contribution >= 4 is 5.95 Å². The third kappa shape index (κ3) is 3.44. The molecule has 1 aromatic heterocycles. The molecule has 0 saturated carbocycles. The molecule has 0 amide bonds. The van der Waals surface area contributed by atoms with Gasteiger partial charge in [-0.3, -0.25) is 0 Å². The fourth-order valence-corrected chi connectivity index (χ4v) is 2.51. The van der Waals surface area contributed by atoms with E-state index >= 15 is 0 Å². The van der Waals surface area contributed by atoms with Crippen molar-refractivity contribution < 1.29 is 4.74 Å². The molecule has 1 aromatic rings. The van der Waals surface area contributed by atoms with Crippen molar-refractivity contribution in [3.63, 3.8) is 0 Å². The quantitative estimate of drug-likeness (QED) is 0.681. The Balaban J connectivity index is 0.000000196. The molecule has 0 spiro atoms. The summed E-state index contributed by atoms with van der Waals surface area (Å²) in [5, 5.41) is 0. The van der Waals surface area contributed by atoms with Gasteiger partial charge in [-0.1, -0.05) is 24.1 Å². The molecule has 4 rings (SSSR count). The number of rotatable bonds is 2. The topological polar surface area (TPSA) is 38.2 Å². The summed E-state index contributed by atoms with van der Waals surface area (Å²) in [6, 6.07) is 10.7. The van der Waals surface area contributed by atoms with Gasteiger partial charge in [-0.15, -0.1) is 6.42 Å². The molecule has 4 heteroatoms. The smallest absolute Gasteiger partial charge is 0.226 e. The largest absolute Gasteiger partial charge is 0.381 e. The molecule has 0 unspecified atom stereocenters. The molecule has 3 aliphatic rings. The Kier molecular flexibility index (Phi) is 4.36. The second kappa shape index (κ2) is 6.59. The lowest BCUT2D eigenvalue weighted by Gasteiger charge is -2.31. The maximum Gasteiger partial charge on any atom is 0.226 e. The van der Waals surface area contributed by atoms with Gasteiger partial charge in [0.05, 0.1) is 0 Å². The number of anilines is 1. The maximum absolute atomic E-state index is 5.33. The zero-order valence-corrected chi connectivity index (χ0v) is 12.7. The number of benzene rings is 1. The average molecular weight is 293 g/mol. The van der Waals surface area contributed by atoms with E-state index in [2.05, 4.69) is 45.1 Å². The van der Waals surface area contributed by atoms with Gasteiger partial charge in [-0.25, -0.2) is 9.97 Å². The van der Waals surface area contributed by atoms with E-state index in [0.29, 0.717) is 17.7 Å². The van der Waals surface area contributed by atoms with Crippen LogP contribution in [0.4, 0.5) is 5.95 Å². The number of aromatic nitrogens is 2. The third-order valence-corrected chi connectivity index (χ3v) is 3.96. The summed E-state index contributed by atoms with van der Waals surface area (Å²) in [7, 11) is 2.01. The van der Waals surface area contributed by atoms with E-state index in [0.717, 1.165) is 26.1 Å². The molecule has 0 atom stereocenters. The lowest BCUT2D eigenvalue weighted by atomic mass is 10.1. The summed E-state index contributed by atoms with van der Waals surface area (Å²) < 4.78 is 5.33. The van der Waals surface area contributed by atoms with E-state index in [-0.39, 0.29) is 0 Å². The van der Waals surface area contributed by atoms with Crippen molar-refractivity contribution in [1.29, 1.82) is 0 Å². The normalized spacial score (nSPS) is 15.3. The lowest BCUT2D eigenvalue weighted by Crippen LogP contribution is -2.37. The SMILES string of the molecule is C#Cc1ccnc(N(C)C2CCOCC2)n1.c1cc2cc-2c1. The van der Waals surface area contributed by atoms with E-state index in [9.17, 15) is 0 Å². The minimum Gasteiger partial charge on any atom is -0.381 e. The van der Waals surface area contributed by atoms with Gasteiger partial charge >= 0.3 is 0 Å². The Morgan fingerprint density at radius 1 is 1.23 bits per heavy atom. The van der Waals surface area contributed by atoms with Crippen LogP contribution in [-0.2, 0) is 4.74 Å². The van der Waals surface area contributed by atoms with Crippen molar-refractivity contribution in [2.75, 3.05) is 25.2 Å². The summed E-state index contributed by atoms with van der Waals surface area (Å²) in [5.41, 5.74) is 3.48. The van der Waals surface area contributed by atoms with Crippen LogP contribution in [0.15, 0.2) is 36.5 Å². The molecule has 0 bridgehead atoms. The second-order valence-corrected chi connectivity index (χ2v) is 5.42. The number of ether oxygens (including phenoxy) is 1. The van der Waals surface area contributed by atoms with Crippen LogP contribution in [0.3, 0.4) is 0 Å². The summed E-state index contributed by atoms with van der Waals surface area (Å²) in [6.45, 7) is 1.62. The van der Waals surface area contributed by atoms with Crippen molar-refractivity contribution in [3.8, 4) is 23.5 Å². The van der Waals surface area contributed by atoms with Gasteiger partial charge in [0, 0.05) is 32.5 Å². The van der Waals surface area contributed by atoms with Crippen molar-refractivity contribution in [3.05, 3.63) is 42.2 Å². The molecule has 22 heavy (non-hydrogen) atoms. The Labute approximate surface area is 131 Å². The van der Waals surface area contributed by atoms with Crippen LogP contribution >= 0.6 is 0 Å². The first kappa shape index (κ1) is 14.6. The standard InChI is InChI=1S/C12H15N3O.C6H4/c1-3-10-4-7-13-12(14-10)15(2)11-5-8-16-9-6-11;1-2-5-4-6(5)3-1/h1,4,7,11H,5-6,8-9H2,2H3;1-4H. The summed E-state index contributed by atoms with van der Waals surface area (Å²) in [5.74, 6) is 3.22. The van der Waals surface area contributed by atoms with Crippen LogP contribution in [0.25, 0.3) is 11.1 Å². The Hall–Kier alpha value is -2.38. The van der Waals surface area contributed by atoms with Gasteiger partial charge in [-0.05, 0) is 36.1 Å². The van der Waals surface area contributed by atoms with Gasteiger partial charge in [0.15, 0.2) is 0 Å². The highest BCUT2D eigenvalue weighted by atomic mass is 16.5. The first-order valence-corrected chi connectivity index (χ1v) is 7.48. The van der Waals surface area contributed by atoms with E-state index in [4.69, 9.17) is 11.2 Å². The molecule has 112 valence electrons. The second-order valence-electron chi connectivity index (χ2n) is 5.42. The molecule has 2 aliphatic carbocycles. The highest BCUT2D eigenvalue weighted by Gasteiger charge is 2.20. The first-order chi connectivity index (χ1) is 10.8. The molecule has 0 aromatic carbocycles. The highest BCUT2D eigenvalue weighted by Crippen LogP contribution is 2.32. The van der Waals surface area contributed by atoms with Gasteiger partial charge in [0.25, 0.3) is 0 Å². The zero-order chi connectivity index (χ0) is 15.4. The molecule has 1 aliphatic heterocycles. The number of nitrogens with zero attached hydrogens (tertiary/aromatic N) is 3. The highest BCUT2D eigenvalue weighted by molar-refractivity contribution is 5.80. The molecular formula is C18H19N3O. The van der Waals surface area contributed by atoms with Crippen molar-refractivity contribution in [2.24, 2.45) is 0 Å². The van der Waals surface area contributed by atoms with Crippen LogP contribution in [0, 0.1) is 12.3 Å². The minimum atomic E-state index is 0.446. The summed E-state index contributed by atoms with van der Waals surface area (Å²) in [6.07, 6.45) is 9.05. The molecule has 2 heterocycles. The zero-order valence-electron chi connectivity index (χ0n) is 12.7. The van der Waals surface area contributed by atoms with Gasteiger partial charge in [0.2, 0.25) is 5.95 Å². The van der Waals surface area contributed by atoms with E-state index in [1.807, 2.05) is 7.05 Å². The minimum absolute atomic E-state index is 0.446. The molecule has 1 fully saturated rings. The van der Waals surface area contributed by atoms with Crippen LogP contribution < -0.4 is 4.90 Å². The maximum atomic E-state index is 5.33. The number of hydrogen-bond acceptors (Lipinski definition) is 4. The van der Waals surface area contributed by atoms with Crippen LogP contribution in [0.5, 0.6) is 0 Å². The monoisotopic (exact) mass is 293 g/mol. The molecular weight excluding hydrogens is 274 g/mol. The molecule has 0 radical (unpaired) electrons. The summed E-state index contributed by atoms with van der Waals surface area (Å²) in [4.78, 5) is 10.6. The first-order valence-electron chi connectivity index (χ1n) is 7.48. The van der Waals surface area contributed by atoms with Gasteiger partial charge in [0.1, 0.15) is 5.69 Å². The Bertz CT molecular complexity index is 669. The molecule has 1 saturated heterocycles. The van der Waals surface area contributed by atoms with E-state index < -0.39 is 0 Å². The predicted octanol–water partition coefficient (Wildman–Crippen LogP) is 2.74. The van der Waals surface area contributed by atoms with Crippen LogP contribution in [0.2, 0.25) is 0 Å². The summed E-state index contributed by atoms with van der Waals surface area (Å²) >= 11 is 0. The Morgan fingerprint density at radius 3 is 2.50 bits per heavy atom. The predicted molar refractivity (Wildman–Crippen MR) is 87.6 cm³/mol. The van der Waals surface area contributed by atoms with E-state index in [1.165, 1.54) is 11.1 Å². The van der Waals surface area contributed by atoms with Gasteiger partial charge in [-0.2, -0.15) is 0 Å². The van der Waals surface area contributed by atoms with Crippen LogP contribution in [-0.4, -0.2) is 36.3 Å². The number of fused-ring (bicyclic) bond motifs is 1. The Morgan fingerprint density at radius 2 is 1.95 bits per heavy atom. The third-order valence-electron chi connectivity index (χ3n) is 3.96. The fraction of sp³-hybridized carbons (Fsp3) is 0.333. The molecule has 4 nitrogen and oxygen atoms in total. The fourth-order valence-electron chi connectivity index (χ4n) is 2.51. The average Bonchev–Trinajstić information content (AvgIpc) is 3.21.